The van der Waals surface area contributed by atoms with Crippen molar-refractivity contribution in [2.45, 2.75) is 39.9 Å². The Morgan fingerprint density at radius 3 is 2.29 bits per heavy atom. The highest BCUT2D eigenvalue weighted by molar-refractivity contribution is 5.89. The van der Waals surface area contributed by atoms with Gasteiger partial charge in [0.1, 0.15) is 12.4 Å². The highest BCUT2D eigenvalue weighted by Gasteiger charge is 2.36. The largest absolute Gasteiger partial charge is 0.490 e. The number of hydrogen-bond acceptors (Lipinski definition) is 5. The second kappa shape index (κ2) is 9.45. The number of ether oxygens (including phenoxy) is 4. The number of methoxy groups -OCH3 is 2. The smallest absolute Gasteiger partial charge is 0.334 e. The second-order valence-corrected chi connectivity index (χ2v) is 6.09. The van der Waals surface area contributed by atoms with Crippen molar-refractivity contribution in [3.8, 4) is 0 Å². The summed E-state index contributed by atoms with van der Waals surface area (Å²) >= 11 is 0. The van der Waals surface area contributed by atoms with Crippen LogP contribution in [0.15, 0.2) is 46.8 Å². The summed E-state index contributed by atoms with van der Waals surface area (Å²) in [5, 5.41) is 0. The Morgan fingerprint density at radius 2 is 1.75 bits per heavy atom. The maximum absolute atomic E-state index is 12.0. The molecule has 1 aliphatic carbocycles. The summed E-state index contributed by atoms with van der Waals surface area (Å²) in [5.74, 6) is -0.943. The van der Waals surface area contributed by atoms with Gasteiger partial charge >= 0.3 is 5.97 Å². The molecule has 1 unspecified atom stereocenters. The first-order valence-electron chi connectivity index (χ1n) is 7.92. The lowest BCUT2D eigenvalue weighted by atomic mass is 9.98. The van der Waals surface area contributed by atoms with Gasteiger partial charge in [0, 0.05) is 25.2 Å². The molecule has 0 aliphatic heterocycles. The lowest BCUT2D eigenvalue weighted by molar-refractivity contribution is -0.184. The summed E-state index contributed by atoms with van der Waals surface area (Å²) in [6, 6.07) is 0. The predicted octanol–water partition coefficient (Wildman–Crippen LogP) is 3.68. The number of rotatable bonds is 8. The topological polar surface area (TPSA) is 54.0 Å². The minimum Gasteiger partial charge on any atom is -0.490 e. The lowest BCUT2D eigenvalue weighted by Gasteiger charge is -2.32. The maximum Gasteiger partial charge on any atom is 0.334 e. The summed E-state index contributed by atoms with van der Waals surface area (Å²) in [7, 11) is 2.90. The van der Waals surface area contributed by atoms with E-state index in [1.54, 1.807) is 19.3 Å². The molecule has 0 aromatic rings. The molecule has 0 aromatic carbocycles. The lowest BCUT2D eigenvalue weighted by Crippen LogP contribution is -2.37. The monoisotopic (exact) mass is 336 g/mol. The van der Waals surface area contributed by atoms with Crippen LogP contribution in [0.25, 0.3) is 0 Å². The van der Waals surface area contributed by atoms with Gasteiger partial charge in [-0.15, -0.1) is 0 Å². The van der Waals surface area contributed by atoms with Crippen LogP contribution in [0, 0.1) is 0 Å². The first-order valence-corrected chi connectivity index (χ1v) is 7.92. The molecule has 0 radical (unpaired) electrons. The first-order chi connectivity index (χ1) is 11.3. The fourth-order valence-electron chi connectivity index (χ4n) is 2.08. The van der Waals surface area contributed by atoms with E-state index < -0.39 is 11.8 Å². The van der Waals surface area contributed by atoms with Crippen molar-refractivity contribution in [2.24, 2.45) is 0 Å². The van der Waals surface area contributed by atoms with Crippen LogP contribution in [0.4, 0.5) is 0 Å². The van der Waals surface area contributed by atoms with Crippen LogP contribution in [0.5, 0.6) is 0 Å². The van der Waals surface area contributed by atoms with E-state index in [9.17, 15) is 4.79 Å². The van der Waals surface area contributed by atoms with E-state index in [4.69, 9.17) is 18.9 Å². The number of allylic oxidation sites excluding steroid dienone is 3. The van der Waals surface area contributed by atoms with Gasteiger partial charge < -0.3 is 18.9 Å². The molecule has 1 aliphatic rings. The van der Waals surface area contributed by atoms with E-state index >= 15 is 0 Å². The van der Waals surface area contributed by atoms with Gasteiger partial charge in [-0.1, -0.05) is 17.2 Å². The van der Waals surface area contributed by atoms with E-state index in [0.29, 0.717) is 24.5 Å². The van der Waals surface area contributed by atoms with E-state index in [1.807, 2.05) is 39.8 Å². The summed E-state index contributed by atoms with van der Waals surface area (Å²) < 4.78 is 22.0. The molecule has 0 spiro atoms. The quantitative estimate of drug-likeness (QED) is 0.384. The number of carbonyl (C=O) groups is 1. The fraction of sp³-hybridized carbons (Fsp3) is 0.526. The Hall–Kier alpha value is -1.85. The highest BCUT2D eigenvalue weighted by Crippen LogP contribution is 2.32. The summed E-state index contributed by atoms with van der Waals surface area (Å²) in [5.41, 5.74) is 2.75. The molecule has 1 atom stereocenters. The van der Waals surface area contributed by atoms with Crippen LogP contribution >= 0.6 is 0 Å². The average molecular weight is 336 g/mol. The minimum absolute atomic E-state index is 0.266. The summed E-state index contributed by atoms with van der Waals surface area (Å²) in [4.78, 5) is 12.0. The van der Waals surface area contributed by atoms with Crippen LogP contribution in [-0.2, 0) is 23.7 Å². The molecule has 0 N–H and O–H groups in total. The number of hydrogen-bond donors (Lipinski definition) is 0. The summed E-state index contributed by atoms with van der Waals surface area (Å²) in [6.07, 6.45) is 7.61. The molecule has 0 saturated heterocycles. The van der Waals surface area contributed by atoms with Gasteiger partial charge in [0.25, 0.3) is 0 Å². The Labute approximate surface area is 144 Å². The van der Waals surface area contributed by atoms with E-state index in [1.165, 1.54) is 7.11 Å². The fourth-order valence-corrected chi connectivity index (χ4v) is 2.08. The Morgan fingerprint density at radius 1 is 1.12 bits per heavy atom. The van der Waals surface area contributed by atoms with Gasteiger partial charge in [-0.25, -0.2) is 4.79 Å². The van der Waals surface area contributed by atoms with E-state index in [2.05, 4.69) is 0 Å². The Bertz CT molecular complexity index is 560. The third-order valence-electron chi connectivity index (χ3n) is 3.47. The standard InChI is InChI=1S/C19H28O5/c1-14(2)7-9-23-17-11-16(18(20)21-5)12-19(13-17,22-6)24-10-8-15(3)4/h7-8,11,13H,9-10,12H2,1-6H3. The molecule has 0 fully saturated rings. The first kappa shape index (κ1) is 20.2. The van der Waals surface area contributed by atoms with Gasteiger partial charge in [-0.05, 0) is 39.8 Å². The molecule has 5 heteroatoms. The van der Waals surface area contributed by atoms with Crippen LogP contribution in [-0.4, -0.2) is 39.2 Å². The van der Waals surface area contributed by atoms with E-state index in [-0.39, 0.29) is 6.42 Å². The molecular weight excluding hydrogens is 308 g/mol. The predicted molar refractivity (Wildman–Crippen MR) is 93.3 cm³/mol. The number of carbonyl (C=O) groups excluding carboxylic acids is 1. The van der Waals surface area contributed by atoms with Crippen molar-refractivity contribution in [1.82, 2.24) is 0 Å². The van der Waals surface area contributed by atoms with Crippen molar-refractivity contribution in [2.75, 3.05) is 27.4 Å². The molecule has 5 nitrogen and oxygen atoms in total. The van der Waals surface area contributed by atoms with Crippen LogP contribution in [0.3, 0.4) is 0 Å². The summed E-state index contributed by atoms with van der Waals surface area (Å²) in [6.45, 7) is 8.77. The van der Waals surface area contributed by atoms with Gasteiger partial charge in [-0.2, -0.15) is 0 Å². The van der Waals surface area contributed by atoms with Crippen molar-refractivity contribution >= 4 is 5.97 Å². The highest BCUT2D eigenvalue weighted by atomic mass is 16.7. The molecule has 0 saturated carbocycles. The second-order valence-electron chi connectivity index (χ2n) is 6.09. The van der Waals surface area contributed by atoms with Gasteiger partial charge in [-0.3, -0.25) is 0 Å². The van der Waals surface area contributed by atoms with Crippen LogP contribution in [0.2, 0.25) is 0 Å². The molecule has 0 heterocycles. The Kier molecular flexibility index (Phi) is 7.95. The van der Waals surface area contributed by atoms with Gasteiger partial charge in [0.05, 0.1) is 13.7 Å². The van der Waals surface area contributed by atoms with Gasteiger partial charge in [0.15, 0.2) is 5.79 Å². The zero-order valence-corrected chi connectivity index (χ0v) is 15.5. The average Bonchev–Trinajstić information content (AvgIpc) is 2.53. The molecule has 0 aromatic heterocycles. The van der Waals surface area contributed by atoms with Gasteiger partial charge in [0.2, 0.25) is 0 Å². The zero-order valence-electron chi connectivity index (χ0n) is 15.5. The van der Waals surface area contributed by atoms with Crippen molar-refractivity contribution in [3.05, 3.63) is 46.8 Å². The normalized spacial score (nSPS) is 19.8. The van der Waals surface area contributed by atoms with Crippen LogP contribution in [0.1, 0.15) is 34.1 Å². The SMILES string of the molecule is COC(=O)C1=CC(OCC=C(C)C)=CC(OC)(OCC=C(C)C)C1. The van der Waals surface area contributed by atoms with Crippen molar-refractivity contribution in [3.63, 3.8) is 0 Å². The van der Waals surface area contributed by atoms with Crippen LogP contribution < -0.4 is 0 Å². The third kappa shape index (κ3) is 6.34. The molecule has 134 valence electrons. The third-order valence-corrected chi connectivity index (χ3v) is 3.47. The van der Waals surface area contributed by atoms with E-state index in [0.717, 1.165) is 11.1 Å². The molecule has 24 heavy (non-hydrogen) atoms. The number of esters is 1. The minimum atomic E-state index is -1.05. The zero-order chi connectivity index (χ0) is 18.2. The van der Waals surface area contributed by atoms with Crippen molar-refractivity contribution < 1.29 is 23.7 Å². The molecule has 1 rings (SSSR count). The van der Waals surface area contributed by atoms with Crippen molar-refractivity contribution in [1.29, 1.82) is 0 Å². The maximum atomic E-state index is 12.0. The molecule has 0 amide bonds. The molecular formula is C19H28O5. The molecule has 0 bridgehead atoms. The Balaban J connectivity index is 3.02.